The first-order chi connectivity index (χ1) is 3.31. The lowest BCUT2D eigenvalue weighted by Crippen LogP contribution is -1.86. The summed E-state index contributed by atoms with van der Waals surface area (Å²) in [5.41, 5.74) is 0. The number of carbonyl (C=O) groups excluding carboxylic acids is 1. The lowest BCUT2D eigenvalue weighted by atomic mass is 10.4. The van der Waals surface area contributed by atoms with Crippen molar-refractivity contribution < 1.29 is 4.79 Å². The van der Waals surface area contributed by atoms with E-state index in [0.29, 0.717) is 0 Å². The summed E-state index contributed by atoms with van der Waals surface area (Å²) < 4.78 is 0. The number of hydrogen-bond acceptors (Lipinski definition) is 1. The molecule has 2 heteroatoms. The Bertz CT molecular complexity index is 121. The van der Waals surface area contributed by atoms with Crippen molar-refractivity contribution >= 4 is 12.6 Å². The van der Waals surface area contributed by atoms with Crippen LogP contribution in [0.2, 0.25) is 0 Å². The first kappa shape index (κ1) is 5.90. The van der Waals surface area contributed by atoms with Crippen LogP contribution >= 0.6 is 0 Å². The Kier molecular flexibility index (Phi) is 2.62. The van der Waals surface area contributed by atoms with E-state index in [1.807, 2.05) is 0 Å². The van der Waals surface area contributed by atoms with E-state index in [4.69, 9.17) is 6.42 Å². The quantitative estimate of drug-likeness (QED) is 0.339. The van der Waals surface area contributed by atoms with Gasteiger partial charge in [0.1, 0.15) is 0 Å². The molecule has 0 radical (unpaired) electrons. The third-order valence-electron chi connectivity index (χ3n) is 0.430. The van der Waals surface area contributed by atoms with Gasteiger partial charge in [0.2, 0.25) is 0 Å². The maximum atomic E-state index is 10.0. The zero-order valence-corrected chi connectivity index (χ0v) is 3.85. The second kappa shape index (κ2) is 3.10. The van der Waals surface area contributed by atoms with E-state index in [1.165, 1.54) is 0 Å². The van der Waals surface area contributed by atoms with Gasteiger partial charge in [-0.2, -0.15) is 0 Å². The van der Waals surface area contributed by atoms with E-state index in [1.54, 1.807) is 0 Å². The van der Waals surface area contributed by atoms with Crippen molar-refractivity contribution in [1.29, 1.82) is 0 Å². The molecule has 0 bridgehead atoms. The number of amides is 1. The van der Waals surface area contributed by atoms with Crippen molar-refractivity contribution in [3.63, 3.8) is 0 Å². The van der Waals surface area contributed by atoms with Crippen LogP contribution in [0.1, 0.15) is 6.42 Å². The van der Waals surface area contributed by atoms with Gasteiger partial charge >= 0.3 is 0 Å². The van der Waals surface area contributed by atoms with Crippen LogP contribution in [0.3, 0.4) is 0 Å². The van der Waals surface area contributed by atoms with Crippen LogP contribution in [-0.4, -0.2) is 12.6 Å². The smallest absolute Gasteiger partial charge is 0.257 e. The number of aliphatic imine (C=N–C) groups is 1. The van der Waals surface area contributed by atoms with E-state index in [-0.39, 0.29) is 12.3 Å². The molecule has 36 valence electrons. The molecule has 0 aromatic carbocycles. The zero-order chi connectivity index (χ0) is 5.70. The van der Waals surface area contributed by atoms with Crippen molar-refractivity contribution in [3.05, 3.63) is 0 Å². The standard InChI is InChI=1S/C5H5NO/c1-3-4-5(7)6-2/h1H,2,4H2. The Morgan fingerprint density at radius 1 is 2.00 bits per heavy atom. The molecule has 0 atom stereocenters. The van der Waals surface area contributed by atoms with Gasteiger partial charge < -0.3 is 0 Å². The summed E-state index contributed by atoms with van der Waals surface area (Å²) in [5, 5.41) is 0. The van der Waals surface area contributed by atoms with Crippen LogP contribution in [-0.2, 0) is 4.79 Å². The van der Waals surface area contributed by atoms with Crippen LogP contribution in [0.25, 0.3) is 0 Å². The molecule has 0 fully saturated rings. The summed E-state index contributed by atoms with van der Waals surface area (Å²) >= 11 is 0. The van der Waals surface area contributed by atoms with Gasteiger partial charge in [0.15, 0.2) is 0 Å². The van der Waals surface area contributed by atoms with Crippen molar-refractivity contribution in [1.82, 2.24) is 0 Å². The highest BCUT2D eigenvalue weighted by Crippen LogP contribution is 1.76. The number of rotatable bonds is 1. The van der Waals surface area contributed by atoms with Crippen LogP contribution < -0.4 is 0 Å². The molecule has 0 saturated carbocycles. The molecule has 0 unspecified atom stereocenters. The Labute approximate surface area is 42.3 Å². The summed E-state index contributed by atoms with van der Waals surface area (Å²) in [4.78, 5) is 13.1. The van der Waals surface area contributed by atoms with E-state index >= 15 is 0 Å². The molecule has 0 aliphatic rings. The first-order valence-corrected chi connectivity index (χ1v) is 1.74. The average molecular weight is 95.1 g/mol. The molecule has 0 saturated heterocycles. The van der Waals surface area contributed by atoms with Gasteiger partial charge in [0, 0.05) is 0 Å². The van der Waals surface area contributed by atoms with Gasteiger partial charge in [-0.3, -0.25) is 4.79 Å². The number of terminal acetylenes is 1. The summed E-state index contributed by atoms with van der Waals surface area (Å²) in [6.45, 7) is 2.98. The summed E-state index contributed by atoms with van der Waals surface area (Å²) in [7, 11) is 0. The molecule has 0 aromatic heterocycles. The lowest BCUT2D eigenvalue weighted by Gasteiger charge is -1.75. The van der Waals surface area contributed by atoms with E-state index in [9.17, 15) is 4.79 Å². The largest absolute Gasteiger partial charge is 0.272 e. The SMILES string of the molecule is C#CCC(=O)N=C. The second-order valence-corrected chi connectivity index (χ2v) is 0.933. The van der Waals surface area contributed by atoms with Crippen molar-refractivity contribution in [2.45, 2.75) is 6.42 Å². The minimum atomic E-state index is -0.345. The molecular formula is C5H5NO. The summed E-state index contributed by atoms with van der Waals surface area (Å²) in [6, 6.07) is 0. The fourth-order valence-corrected chi connectivity index (χ4v) is 0.143. The molecular weight excluding hydrogens is 90.1 g/mol. The predicted molar refractivity (Wildman–Crippen MR) is 28.0 cm³/mol. The van der Waals surface area contributed by atoms with Crippen LogP contribution in [0.4, 0.5) is 0 Å². The maximum Gasteiger partial charge on any atom is 0.257 e. The molecule has 7 heavy (non-hydrogen) atoms. The van der Waals surface area contributed by atoms with Crippen molar-refractivity contribution in [3.8, 4) is 12.3 Å². The van der Waals surface area contributed by atoms with E-state index in [0.717, 1.165) is 0 Å². The second-order valence-electron chi connectivity index (χ2n) is 0.933. The summed E-state index contributed by atoms with van der Waals surface area (Å²) in [6.07, 6.45) is 4.81. The van der Waals surface area contributed by atoms with Crippen molar-refractivity contribution in [2.24, 2.45) is 4.99 Å². The molecule has 0 heterocycles. The average Bonchev–Trinajstić information content (AvgIpc) is 1.68. The van der Waals surface area contributed by atoms with Gasteiger partial charge in [-0.15, -0.1) is 6.42 Å². The first-order valence-electron chi connectivity index (χ1n) is 1.74. The molecule has 2 nitrogen and oxygen atoms in total. The van der Waals surface area contributed by atoms with E-state index < -0.39 is 0 Å². The maximum absolute atomic E-state index is 10.0. The van der Waals surface area contributed by atoms with Gasteiger partial charge in [0.05, 0.1) is 6.42 Å². The topological polar surface area (TPSA) is 29.4 Å². The number of carbonyl (C=O) groups is 1. The molecule has 0 spiro atoms. The monoisotopic (exact) mass is 95.0 g/mol. The van der Waals surface area contributed by atoms with Gasteiger partial charge in [-0.1, -0.05) is 5.92 Å². The minimum Gasteiger partial charge on any atom is -0.272 e. The highest BCUT2D eigenvalue weighted by Gasteiger charge is 1.86. The Balaban J connectivity index is 3.42. The third kappa shape index (κ3) is 2.71. The molecule has 0 rings (SSSR count). The van der Waals surface area contributed by atoms with Gasteiger partial charge in [0.25, 0.3) is 5.91 Å². The van der Waals surface area contributed by atoms with Crippen LogP contribution in [0.15, 0.2) is 4.99 Å². The Morgan fingerprint density at radius 3 is 2.71 bits per heavy atom. The molecule has 0 aliphatic carbocycles. The fourth-order valence-electron chi connectivity index (χ4n) is 0.143. The number of hydrogen-bond donors (Lipinski definition) is 0. The normalized spacial score (nSPS) is 6.71. The minimum absolute atomic E-state index is 0.0590. The Morgan fingerprint density at radius 2 is 2.57 bits per heavy atom. The molecule has 0 aromatic rings. The third-order valence-corrected chi connectivity index (χ3v) is 0.430. The fraction of sp³-hybridized carbons (Fsp3) is 0.200. The molecule has 1 amide bonds. The number of nitrogens with zero attached hydrogens (tertiary/aromatic N) is 1. The lowest BCUT2D eigenvalue weighted by molar-refractivity contribution is -0.116. The van der Waals surface area contributed by atoms with Crippen LogP contribution in [0, 0.1) is 12.3 Å². The highest BCUT2D eigenvalue weighted by atomic mass is 16.1. The predicted octanol–water partition coefficient (Wildman–Crippen LogP) is 0.237. The molecule has 0 aliphatic heterocycles. The molecule has 0 N–H and O–H groups in total. The van der Waals surface area contributed by atoms with Crippen LogP contribution in [0.5, 0.6) is 0 Å². The Hall–Kier alpha value is -1.10. The van der Waals surface area contributed by atoms with Gasteiger partial charge in [-0.25, -0.2) is 4.99 Å². The highest BCUT2D eigenvalue weighted by molar-refractivity contribution is 5.82. The van der Waals surface area contributed by atoms with Gasteiger partial charge in [-0.05, 0) is 6.72 Å². The zero-order valence-electron chi connectivity index (χ0n) is 3.85. The summed E-state index contributed by atoms with van der Waals surface area (Å²) in [5.74, 6) is 1.79. The van der Waals surface area contributed by atoms with E-state index in [2.05, 4.69) is 17.6 Å². The van der Waals surface area contributed by atoms with Crippen molar-refractivity contribution in [2.75, 3.05) is 0 Å².